The molecule has 34 heavy (non-hydrogen) atoms. The SMILES string of the molecule is O=C(COC(=O)c1ccc2c(c1)C(=O)N(c1ccccc1Cl)C2=O)Nc1ccc2c(c1)OCO2. The van der Waals surface area contributed by atoms with Crippen LogP contribution >= 0.6 is 11.6 Å². The molecule has 0 radical (unpaired) electrons. The predicted molar refractivity (Wildman–Crippen MR) is 121 cm³/mol. The summed E-state index contributed by atoms with van der Waals surface area (Å²) in [6.07, 6.45) is 0. The third-order valence-corrected chi connectivity index (χ3v) is 5.53. The average Bonchev–Trinajstić information content (AvgIpc) is 3.40. The Kier molecular flexibility index (Phi) is 5.39. The molecule has 2 aliphatic rings. The van der Waals surface area contributed by atoms with Gasteiger partial charge in [0, 0.05) is 11.8 Å². The van der Waals surface area contributed by atoms with Crippen LogP contribution in [0.4, 0.5) is 11.4 Å². The standard InChI is InChI=1S/C24H15ClN2O7/c25-17-3-1-2-4-18(17)27-22(29)15-7-5-13(9-16(15)23(27)30)24(31)32-11-21(28)26-14-6-8-19-20(10-14)34-12-33-19/h1-10H,11-12H2,(H,26,28). The Morgan fingerprint density at radius 1 is 0.941 bits per heavy atom. The van der Waals surface area contributed by atoms with Crippen LogP contribution in [-0.4, -0.2) is 37.1 Å². The molecule has 2 heterocycles. The van der Waals surface area contributed by atoms with Crippen LogP contribution in [0, 0.1) is 0 Å². The van der Waals surface area contributed by atoms with Crippen LogP contribution in [0.1, 0.15) is 31.1 Å². The van der Waals surface area contributed by atoms with Crippen molar-refractivity contribution in [2.45, 2.75) is 0 Å². The number of nitrogens with zero attached hydrogens (tertiary/aromatic N) is 1. The van der Waals surface area contributed by atoms with Crippen LogP contribution in [0.2, 0.25) is 5.02 Å². The van der Waals surface area contributed by atoms with Crippen molar-refractivity contribution in [2.75, 3.05) is 23.6 Å². The number of anilines is 2. The van der Waals surface area contributed by atoms with E-state index in [9.17, 15) is 19.2 Å². The van der Waals surface area contributed by atoms with Gasteiger partial charge in [0.2, 0.25) is 6.79 Å². The number of rotatable bonds is 5. The van der Waals surface area contributed by atoms with E-state index in [2.05, 4.69) is 5.32 Å². The van der Waals surface area contributed by atoms with E-state index in [4.69, 9.17) is 25.8 Å². The zero-order valence-electron chi connectivity index (χ0n) is 17.4. The molecule has 0 saturated heterocycles. The first-order valence-electron chi connectivity index (χ1n) is 10.1. The minimum atomic E-state index is -0.819. The number of imide groups is 1. The molecule has 0 atom stereocenters. The summed E-state index contributed by atoms with van der Waals surface area (Å²) >= 11 is 6.14. The molecule has 0 unspecified atom stereocenters. The van der Waals surface area contributed by atoms with Gasteiger partial charge in [0.05, 0.1) is 27.4 Å². The molecule has 0 aliphatic carbocycles. The van der Waals surface area contributed by atoms with Gasteiger partial charge >= 0.3 is 5.97 Å². The summed E-state index contributed by atoms with van der Waals surface area (Å²) in [5.74, 6) is -1.47. The number of ether oxygens (including phenoxy) is 3. The summed E-state index contributed by atoms with van der Waals surface area (Å²) in [5.41, 5.74) is 0.911. The van der Waals surface area contributed by atoms with Gasteiger partial charge in [0.1, 0.15) is 0 Å². The number of hydrogen-bond donors (Lipinski definition) is 1. The number of hydrogen-bond acceptors (Lipinski definition) is 7. The largest absolute Gasteiger partial charge is 0.454 e. The first-order valence-corrected chi connectivity index (χ1v) is 10.4. The van der Waals surface area contributed by atoms with Gasteiger partial charge in [-0.2, -0.15) is 0 Å². The Morgan fingerprint density at radius 2 is 1.71 bits per heavy atom. The zero-order valence-corrected chi connectivity index (χ0v) is 18.1. The van der Waals surface area contributed by atoms with E-state index in [1.165, 1.54) is 18.2 Å². The number of carbonyl (C=O) groups excluding carboxylic acids is 4. The van der Waals surface area contributed by atoms with Crippen molar-refractivity contribution in [1.29, 1.82) is 0 Å². The van der Waals surface area contributed by atoms with Crippen molar-refractivity contribution in [2.24, 2.45) is 0 Å². The third-order valence-electron chi connectivity index (χ3n) is 5.21. The molecule has 0 aromatic heterocycles. The van der Waals surface area contributed by atoms with Crippen LogP contribution in [0.25, 0.3) is 0 Å². The molecule has 10 heteroatoms. The highest BCUT2D eigenvalue weighted by atomic mass is 35.5. The fourth-order valence-corrected chi connectivity index (χ4v) is 3.83. The molecule has 3 aromatic rings. The Labute approximate surface area is 197 Å². The van der Waals surface area contributed by atoms with Crippen LogP contribution in [-0.2, 0) is 9.53 Å². The number of nitrogens with one attached hydrogen (secondary N) is 1. The zero-order chi connectivity index (χ0) is 23.8. The van der Waals surface area contributed by atoms with Crippen molar-refractivity contribution in [1.82, 2.24) is 0 Å². The summed E-state index contributed by atoms with van der Waals surface area (Å²) in [7, 11) is 0. The molecule has 3 aromatic carbocycles. The second-order valence-corrected chi connectivity index (χ2v) is 7.76. The lowest BCUT2D eigenvalue weighted by atomic mass is 10.1. The predicted octanol–water partition coefficient (Wildman–Crippen LogP) is 3.66. The molecule has 5 rings (SSSR count). The number of esters is 1. The molecule has 2 aliphatic heterocycles. The quantitative estimate of drug-likeness (QED) is 0.440. The second-order valence-electron chi connectivity index (χ2n) is 7.35. The number of benzene rings is 3. The number of carbonyl (C=O) groups is 4. The van der Waals surface area contributed by atoms with Crippen molar-refractivity contribution in [3.8, 4) is 11.5 Å². The maximum absolute atomic E-state index is 12.9. The van der Waals surface area contributed by atoms with Crippen LogP contribution < -0.4 is 19.7 Å². The van der Waals surface area contributed by atoms with Crippen molar-refractivity contribution < 1.29 is 33.4 Å². The molecule has 1 N–H and O–H groups in total. The van der Waals surface area contributed by atoms with E-state index in [1.807, 2.05) is 0 Å². The Hall–Kier alpha value is -4.37. The summed E-state index contributed by atoms with van der Waals surface area (Å²) in [6.45, 7) is -0.446. The van der Waals surface area contributed by atoms with Gasteiger partial charge in [0.25, 0.3) is 17.7 Å². The summed E-state index contributed by atoms with van der Waals surface area (Å²) in [5, 5.41) is 2.83. The lowest BCUT2D eigenvalue weighted by Crippen LogP contribution is -2.29. The molecule has 0 spiro atoms. The van der Waals surface area contributed by atoms with E-state index in [0.29, 0.717) is 17.2 Å². The van der Waals surface area contributed by atoms with E-state index in [1.54, 1.807) is 42.5 Å². The maximum Gasteiger partial charge on any atom is 0.338 e. The second kappa shape index (κ2) is 8.53. The molecule has 0 fully saturated rings. The third kappa shape index (κ3) is 3.82. The number of para-hydroxylation sites is 1. The number of amides is 3. The summed E-state index contributed by atoms with van der Waals surface area (Å²) < 4.78 is 15.5. The number of halogens is 1. The van der Waals surface area contributed by atoms with Gasteiger partial charge in [-0.3, -0.25) is 14.4 Å². The van der Waals surface area contributed by atoms with Crippen LogP contribution in [0.5, 0.6) is 11.5 Å². The highest BCUT2D eigenvalue weighted by molar-refractivity contribution is 6.39. The molecule has 0 bridgehead atoms. The van der Waals surface area contributed by atoms with Crippen LogP contribution in [0.3, 0.4) is 0 Å². The molecular formula is C24H15ClN2O7. The van der Waals surface area contributed by atoms with Gasteiger partial charge in [-0.1, -0.05) is 23.7 Å². The van der Waals surface area contributed by atoms with E-state index >= 15 is 0 Å². The minimum Gasteiger partial charge on any atom is -0.454 e. The van der Waals surface area contributed by atoms with Crippen molar-refractivity contribution >= 4 is 46.7 Å². The molecular weight excluding hydrogens is 464 g/mol. The van der Waals surface area contributed by atoms with Crippen LogP contribution in [0.15, 0.2) is 60.7 Å². The van der Waals surface area contributed by atoms with Gasteiger partial charge in [0.15, 0.2) is 18.1 Å². The first kappa shape index (κ1) is 21.5. The monoisotopic (exact) mass is 478 g/mol. The molecule has 3 amide bonds. The van der Waals surface area contributed by atoms with Gasteiger partial charge < -0.3 is 19.5 Å². The highest BCUT2D eigenvalue weighted by Crippen LogP contribution is 2.35. The smallest absolute Gasteiger partial charge is 0.338 e. The molecule has 170 valence electrons. The Balaban J connectivity index is 1.26. The fraction of sp³-hybridized carbons (Fsp3) is 0.0833. The normalized spacial score (nSPS) is 13.6. The lowest BCUT2D eigenvalue weighted by molar-refractivity contribution is -0.119. The van der Waals surface area contributed by atoms with E-state index in [0.717, 1.165) is 4.90 Å². The van der Waals surface area contributed by atoms with Gasteiger partial charge in [-0.25, -0.2) is 9.69 Å². The summed E-state index contributed by atoms with van der Waals surface area (Å²) in [6, 6.07) is 15.3. The fourth-order valence-electron chi connectivity index (χ4n) is 3.61. The topological polar surface area (TPSA) is 111 Å². The summed E-state index contributed by atoms with van der Waals surface area (Å²) in [4.78, 5) is 51.3. The van der Waals surface area contributed by atoms with Crippen molar-refractivity contribution in [3.63, 3.8) is 0 Å². The highest BCUT2D eigenvalue weighted by Gasteiger charge is 2.38. The lowest BCUT2D eigenvalue weighted by Gasteiger charge is -2.15. The van der Waals surface area contributed by atoms with E-state index in [-0.39, 0.29) is 34.2 Å². The molecule has 9 nitrogen and oxygen atoms in total. The Bertz CT molecular complexity index is 1370. The maximum atomic E-state index is 12.9. The van der Waals surface area contributed by atoms with E-state index < -0.39 is 30.3 Å². The Morgan fingerprint density at radius 3 is 2.53 bits per heavy atom. The average molecular weight is 479 g/mol. The minimum absolute atomic E-state index is 0.0248. The molecule has 0 saturated carbocycles. The van der Waals surface area contributed by atoms with Crippen molar-refractivity contribution in [3.05, 3.63) is 82.4 Å². The van der Waals surface area contributed by atoms with Gasteiger partial charge in [-0.05, 0) is 42.5 Å². The van der Waals surface area contributed by atoms with Gasteiger partial charge in [-0.15, -0.1) is 0 Å². The first-order chi connectivity index (χ1) is 16.4. The number of fused-ring (bicyclic) bond motifs is 2.